The van der Waals surface area contributed by atoms with E-state index in [0.29, 0.717) is 31.6 Å². The number of hydrogen-bond donors (Lipinski definition) is 1. The van der Waals surface area contributed by atoms with Gasteiger partial charge in [-0.05, 0) is 30.7 Å². The minimum absolute atomic E-state index is 0.0775. The Hall–Kier alpha value is -3.35. The maximum Gasteiger partial charge on any atom is 0.420 e. The van der Waals surface area contributed by atoms with Crippen molar-refractivity contribution >= 4 is 27.9 Å². The Balaban J connectivity index is 1.34. The fourth-order valence-electron chi connectivity index (χ4n) is 3.19. The number of hydrogen-bond acceptors (Lipinski definition) is 4. The zero-order valence-electron chi connectivity index (χ0n) is 15.0. The van der Waals surface area contributed by atoms with Gasteiger partial charge in [-0.25, -0.2) is 4.79 Å². The molecule has 0 bridgehead atoms. The molecule has 0 radical (unpaired) electrons. The second-order valence-corrected chi connectivity index (χ2v) is 6.52. The van der Waals surface area contributed by atoms with Crippen LogP contribution < -0.4 is 11.1 Å². The summed E-state index contributed by atoms with van der Waals surface area (Å²) in [6, 6.07) is 13.5. The number of nitrogens with zero attached hydrogens (tertiary/aromatic N) is 3. The molecule has 4 aromatic rings. The quantitative estimate of drug-likeness (QED) is 0.570. The average Bonchev–Trinajstić information content (AvgIpc) is 3.20. The number of fused-ring (bicyclic) bond motifs is 2. The molecular formula is C20H20N4O3. The van der Waals surface area contributed by atoms with E-state index in [-0.39, 0.29) is 5.91 Å². The molecule has 0 aliphatic heterocycles. The van der Waals surface area contributed by atoms with Gasteiger partial charge in [-0.2, -0.15) is 5.10 Å². The lowest BCUT2D eigenvalue weighted by molar-refractivity contribution is -0.121. The van der Waals surface area contributed by atoms with Crippen molar-refractivity contribution in [1.29, 1.82) is 0 Å². The lowest BCUT2D eigenvalue weighted by Gasteiger charge is -2.07. The summed E-state index contributed by atoms with van der Waals surface area (Å²) >= 11 is 0. The third-order valence-corrected chi connectivity index (χ3v) is 4.58. The maximum atomic E-state index is 12.1. The van der Waals surface area contributed by atoms with Gasteiger partial charge >= 0.3 is 5.76 Å². The van der Waals surface area contributed by atoms with Crippen LogP contribution in [-0.2, 0) is 17.9 Å². The molecule has 138 valence electrons. The van der Waals surface area contributed by atoms with Crippen LogP contribution in [0.3, 0.4) is 0 Å². The van der Waals surface area contributed by atoms with Crippen molar-refractivity contribution in [3.63, 3.8) is 0 Å². The molecule has 1 amide bonds. The Morgan fingerprint density at radius 2 is 2.00 bits per heavy atom. The van der Waals surface area contributed by atoms with Gasteiger partial charge in [0.05, 0.1) is 23.8 Å². The van der Waals surface area contributed by atoms with Gasteiger partial charge in [0, 0.05) is 24.9 Å². The molecule has 2 aromatic carbocycles. The molecule has 0 aliphatic rings. The Morgan fingerprint density at radius 3 is 2.89 bits per heavy atom. The molecular weight excluding hydrogens is 344 g/mol. The van der Waals surface area contributed by atoms with E-state index in [0.717, 1.165) is 22.0 Å². The van der Waals surface area contributed by atoms with Crippen molar-refractivity contribution in [3.8, 4) is 0 Å². The molecule has 0 unspecified atom stereocenters. The SMILES string of the molecule is Cc1ccc2c(c1)oc(=O)n2CCNC(=O)CCn1ncc2ccccc21. The lowest BCUT2D eigenvalue weighted by Crippen LogP contribution is -2.30. The predicted molar refractivity (Wildman–Crippen MR) is 103 cm³/mol. The number of para-hydroxylation sites is 1. The van der Waals surface area contributed by atoms with E-state index in [4.69, 9.17) is 4.42 Å². The number of oxazole rings is 1. The van der Waals surface area contributed by atoms with Crippen molar-refractivity contribution < 1.29 is 9.21 Å². The van der Waals surface area contributed by atoms with Crippen molar-refractivity contribution in [3.05, 3.63) is 64.8 Å². The number of nitrogens with one attached hydrogen (secondary N) is 1. The van der Waals surface area contributed by atoms with Crippen LogP contribution in [0.5, 0.6) is 0 Å². The van der Waals surface area contributed by atoms with E-state index in [1.807, 2.05) is 54.1 Å². The van der Waals surface area contributed by atoms with Crippen LogP contribution >= 0.6 is 0 Å². The van der Waals surface area contributed by atoms with E-state index < -0.39 is 5.76 Å². The Labute approximate surface area is 155 Å². The minimum Gasteiger partial charge on any atom is -0.408 e. The molecule has 7 heteroatoms. The largest absolute Gasteiger partial charge is 0.420 e. The number of amides is 1. The van der Waals surface area contributed by atoms with Crippen molar-refractivity contribution in [2.45, 2.75) is 26.4 Å². The summed E-state index contributed by atoms with van der Waals surface area (Å²) in [5.41, 5.74) is 3.35. The molecule has 0 atom stereocenters. The minimum atomic E-state index is -0.409. The van der Waals surface area contributed by atoms with Crippen LogP contribution in [-0.4, -0.2) is 26.8 Å². The third-order valence-electron chi connectivity index (χ3n) is 4.58. The van der Waals surface area contributed by atoms with E-state index in [9.17, 15) is 9.59 Å². The molecule has 7 nitrogen and oxygen atoms in total. The highest BCUT2D eigenvalue weighted by Crippen LogP contribution is 2.14. The van der Waals surface area contributed by atoms with Crippen LogP contribution in [0.25, 0.3) is 22.0 Å². The Bertz CT molecular complexity index is 1170. The van der Waals surface area contributed by atoms with Gasteiger partial charge < -0.3 is 9.73 Å². The number of carbonyl (C=O) groups is 1. The third kappa shape index (κ3) is 3.48. The van der Waals surface area contributed by atoms with Crippen molar-refractivity contribution in [1.82, 2.24) is 19.7 Å². The predicted octanol–water partition coefficient (Wildman–Crippen LogP) is 2.46. The molecule has 0 spiro atoms. The van der Waals surface area contributed by atoms with Gasteiger partial charge in [-0.1, -0.05) is 24.3 Å². The molecule has 2 aromatic heterocycles. The first-order valence-electron chi connectivity index (χ1n) is 8.89. The number of benzene rings is 2. The summed E-state index contributed by atoms with van der Waals surface area (Å²) in [6.45, 7) is 3.18. The van der Waals surface area contributed by atoms with Gasteiger partial charge in [0.15, 0.2) is 5.58 Å². The smallest absolute Gasteiger partial charge is 0.408 e. The highest BCUT2D eigenvalue weighted by molar-refractivity contribution is 5.79. The van der Waals surface area contributed by atoms with E-state index in [1.54, 1.807) is 6.20 Å². The zero-order chi connectivity index (χ0) is 18.8. The number of rotatable bonds is 6. The highest BCUT2D eigenvalue weighted by atomic mass is 16.4. The first-order valence-corrected chi connectivity index (χ1v) is 8.89. The fraction of sp³-hybridized carbons (Fsp3) is 0.250. The van der Waals surface area contributed by atoms with Crippen molar-refractivity contribution in [2.75, 3.05) is 6.54 Å². The zero-order valence-corrected chi connectivity index (χ0v) is 15.0. The van der Waals surface area contributed by atoms with Gasteiger partial charge in [0.2, 0.25) is 5.91 Å². The summed E-state index contributed by atoms with van der Waals surface area (Å²) in [5.74, 6) is -0.487. The topological polar surface area (TPSA) is 82.1 Å². The van der Waals surface area contributed by atoms with Crippen LogP contribution in [0.4, 0.5) is 0 Å². The van der Waals surface area contributed by atoms with Crippen LogP contribution in [0.15, 0.2) is 57.9 Å². The molecule has 1 N–H and O–H groups in total. The van der Waals surface area contributed by atoms with Gasteiger partial charge in [0.25, 0.3) is 0 Å². The fourth-order valence-corrected chi connectivity index (χ4v) is 3.19. The monoisotopic (exact) mass is 364 g/mol. The number of aromatic nitrogens is 3. The molecule has 4 rings (SSSR count). The number of carbonyl (C=O) groups excluding carboxylic acids is 1. The van der Waals surface area contributed by atoms with Crippen LogP contribution in [0.1, 0.15) is 12.0 Å². The first-order chi connectivity index (χ1) is 13.1. The Kier molecular flexibility index (Phi) is 4.50. The lowest BCUT2D eigenvalue weighted by atomic mass is 10.2. The van der Waals surface area contributed by atoms with Crippen molar-refractivity contribution in [2.24, 2.45) is 0 Å². The van der Waals surface area contributed by atoms with Crippen LogP contribution in [0, 0.1) is 6.92 Å². The standard InChI is InChI=1S/C20H20N4O3/c1-14-6-7-17-18(12-14)27-20(26)23(17)11-9-21-19(25)8-10-24-16-5-3-2-4-15(16)13-22-24/h2-7,12-13H,8-11H2,1H3,(H,21,25). The summed E-state index contributed by atoms with van der Waals surface area (Å²) in [5, 5.41) is 8.23. The second kappa shape index (κ2) is 7.11. The van der Waals surface area contributed by atoms with Gasteiger partial charge in [-0.15, -0.1) is 0 Å². The van der Waals surface area contributed by atoms with Gasteiger partial charge in [0.1, 0.15) is 0 Å². The molecule has 0 aliphatic carbocycles. The summed E-state index contributed by atoms with van der Waals surface area (Å²) in [4.78, 5) is 24.1. The molecule has 0 saturated carbocycles. The molecule has 2 heterocycles. The number of aryl methyl sites for hydroxylation is 2. The van der Waals surface area contributed by atoms with E-state index in [2.05, 4.69) is 10.4 Å². The molecule has 27 heavy (non-hydrogen) atoms. The summed E-state index contributed by atoms with van der Waals surface area (Å²) in [7, 11) is 0. The van der Waals surface area contributed by atoms with E-state index >= 15 is 0 Å². The van der Waals surface area contributed by atoms with Gasteiger partial charge in [-0.3, -0.25) is 14.0 Å². The second-order valence-electron chi connectivity index (χ2n) is 6.52. The summed E-state index contributed by atoms with van der Waals surface area (Å²) in [6.07, 6.45) is 2.12. The normalized spacial score (nSPS) is 11.3. The molecule has 0 saturated heterocycles. The highest BCUT2D eigenvalue weighted by Gasteiger charge is 2.10. The van der Waals surface area contributed by atoms with E-state index in [1.165, 1.54) is 4.57 Å². The Morgan fingerprint density at radius 1 is 1.15 bits per heavy atom. The summed E-state index contributed by atoms with van der Waals surface area (Å²) < 4.78 is 8.62. The van der Waals surface area contributed by atoms with Crippen LogP contribution in [0.2, 0.25) is 0 Å². The average molecular weight is 364 g/mol. The first kappa shape index (κ1) is 17.1. The maximum absolute atomic E-state index is 12.1. The molecule has 0 fully saturated rings.